The SMILES string of the molecule is OC1CN(Cc2ccccc2)CCC1c1ccccc1F. The molecular formula is C18H20FNO. The van der Waals surface area contributed by atoms with E-state index in [9.17, 15) is 9.50 Å². The summed E-state index contributed by atoms with van der Waals surface area (Å²) in [6.07, 6.45) is 0.272. The van der Waals surface area contributed by atoms with Crippen LogP contribution in [-0.2, 0) is 6.54 Å². The van der Waals surface area contributed by atoms with Gasteiger partial charge in [0.05, 0.1) is 6.10 Å². The van der Waals surface area contributed by atoms with Crippen molar-refractivity contribution in [2.24, 2.45) is 0 Å². The second-order valence-corrected chi connectivity index (χ2v) is 5.70. The molecule has 3 heteroatoms. The second-order valence-electron chi connectivity index (χ2n) is 5.70. The van der Waals surface area contributed by atoms with E-state index in [2.05, 4.69) is 17.0 Å². The molecular weight excluding hydrogens is 265 g/mol. The van der Waals surface area contributed by atoms with Crippen LogP contribution in [0, 0.1) is 5.82 Å². The van der Waals surface area contributed by atoms with Gasteiger partial charge in [-0.2, -0.15) is 0 Å². The lowest BCUT2D eigenvalue weighted by Crippen LogP contribution is -2.42. The molecule has 0 aliphatic carbocycles. The third-order valence-corrected chi connectivity index (χ3v) is 4.22. The van der Waals surface area contributed by atoms with Crippen molar-refractivity contribution in [3.8, 4) is 0 Å². The molecule has 2 atom stereocenters. The van der Waals surface area contributed by atoms with Gasteiger partial charge in [0.15, 0.2) is 0 Å². The van der Waals surface area contributed by atoms with Gasteiger partial charge in [-0.3, -0.25) is 4.90 Å². The van der Waals surface area contributed by atoms with Gasteiger partial charge in [-0.15, -0.1) is 0 Å². The minimum Gasteiger partial charge on any atom is -0.391 e. The predicted molar refractivity (Wildman–Crippen MR) is 81.5 cm³/mol. The summed E-state index contributed by atoms with van der Waals surface area (Å²) in [7, 11) is 0. The molecule has 2 aromatic carbocycles. The fourth-order valence-corrected chi connectivity index (χ4v) is 3.12. The molecule has 0 aromatic heterocycles. The highest BCUT2D eigenvalue weighted by atomic mass is 19.1. The lowest BCUT2D eigenvalue weighted by Gasteiger charge is -2.36. The van der Waals surface area contributed by atoms with Crippen LogP contribution in [0.15, 0.2) is 54.6 Å². The van der Waals surface area contributed by atoms with Crippen LogP contribution < -0.4 is 0 Å². The first kappa shape index (κ1) is 14.2. The Bertz CT molecular complexity index is 587. The molecule has 0 spiro atoms. The number of aliphatic hydroxyl groups excluding tert-OH is 1. The molecule has 1 saturated heterocycles. The highest BCUT2D eigenvalue weighted by Crippen LogP contribution is 2.30. The van der Waals surface area contributed by atoms with Crippen LogP contribution in [0.2, 0.25) is 0 Å². The molecule has 0 amide bonds. The summed E-state index contributed by atoms with van der Waals surface area (Å²) in [6, 6.07) is 17.0. The monoisotopic (exact) mass is 285 g/mol. The summed E-state index contributed by atoms with van der Waals surface area (Å²) in [5, 5.41) is 10.4. The van der Waals surface area contributed by atoms with Crippen molar-refractivity contribution in [3.63, 3.8) is 0 Å². The average Bonchev–Trinajstić information content (AvgIpc) is 2.50. The first-order valence-electron chi connectivity index (χ1n) is 7.43. The minimum atomic E-state index is -0.514. The quantitative estimate of drug-likeness (QED) is 0.936. The molecule has 1 N–H and O–H groups in total. The maximum Gasteiger partial charge on any atom is 0.126 e. The van der Waals surface area contributed by atoms with E-state index in [1.807, 2.05) is 24.3 Å². The number of rotatable bonds is 3. The highest BCUT2D eigenvalue weighted by molar-refractivity contribution is 5.24. The molecule has 2 aromatic rings. The molecule has 0 radical (unpaired) electrons. The number of aliphatic hydroxyl groups is 1. The van der Waals surface area contributed by atoms with Crippen molar-refractivity contribution in [3.05, 3.63) is 71.5 Å². The number of halogens is 1. The zero-order valence-electron chi connectivity index (χ0n) is 12.0. The summed E-state index contributed by atoms with van der Waals surface area (Å²) < 4.78 is 13.9. The van der Waals surface area contributed by atoms with E-state index in [1.54, 1.807) is 12.1 Å². The van der Waals surface area contributed by atoms with E-state index in [1.165, 1.54) is 11.6 Å². The van der Waals surface area contributed by atoms with Crippen molar-refractivity contribution >= 4 is 0 Å². The largest absolute Gasteiger partial charge is 0.391 e. The average molecular weight is 285 g/mol. The first-order chi connectivity index (χ1) is 10.2. The number of nitrogens with zero attached hydrogens (tertiary/aromatic N) is 1. The number of hydrogen-bond donors (Lipinski definition) is 1. The van der Waals surface area contributed by atoms with Crippen LogP contribution in [0.4, 0.5) is 4.39 Å². The van der Waals surface area contributed by atoms with Crippen LogP contribution in [-0.4, -0.2) is 29.2 Å². The smallest absolute Gasteiger partial charge is 0.126 e. The predicted octanol–water partition coefficient (Wildman–Crippen LogP) is 3.18. The van der Waals surface area contributed by atoms with Crippen molar-refractivity contribution in [2.75, 3.05) is 13.1 Å². The van der Waals surface area contributed by atoms with Crippen molar-refractivity contribution in [1.82, 2.24) is 4.90 Å². The zero-order valence-corrected chi connectivity index (χ0v) is 12.0. The highest BCUT2D eigenvalue weighted by Gasteiger charge is 2.30. The van der Waals surface area contributed by atoms with Crippen LogP contribution in [0.25, 0.3) is 0 Å². The summed E-state index contributed by atoms with van der Waals surface area (Å²) in [4.78, 5) is 2.23. The number of β-amino-alcohol motifs (C(OH)–C–C–N with tert-alkyl or cyclic N) is 1. The second kappa shape index (κ2) is 6.37. The normalized spacial score (nSPS) is 23.1. The van der Waals surface area contributed by atoms with Gasteiger partial charge in [-0.05, 0) is 30.2 Å². The number of hydrogen-bond acceptors (Lipinski definition) is 2. The summed E-state index contributed by atoms with van der Waals surface area (Å²) in [5.41, 5.74) is 1.89. The van der Waals surface area contributed by atoms with Crippen LogP contribution >= 0.6 is 0 Å². The molecule has 1 aliphatic heterocycles. The van der Waals surface area contributed by atoms with Gasteiger partial charge in [0.2, 0.25) is 0 Å². The van der Waals surface area contributed by atoms with Crippen LogP contribution in [0.5, 0.6) is 0 Å². The molecule has 2 unspecified atom stereocenters. The Morgan fingerprint density at radius 2 is 1.76 bits per heavy atom. The maximum absolute atomic E-state index is 13.9. The molecule has 0 bridgehead atoms. The van der Waals surface area contributed by atoms with E-state index in [-0.39, 0.29) is 11.7 Å². The summed E-state index contributed by atoms with van der Waals surface area (Å²) >= 11 is 0. The lowest BCUT2D eigenvalue weighted by molar-refractivity contribution is 0.0466. The standard InChI is InChI=1S/C18H20FNO/c19-17-9-5-4-8-15(17)16-10-11-20(13-18(16)21)12-14-6-2-1-3-7-14/h1-9,16,18,21H,10-13H2. The van der Waals surface area contributed by atoms with Gasteiger partial charge >= 0.3 is 0 Å². The minimum absolute atomic E-state index is 0.0989. The van der Waals surface area contributed by atoms with E-state index in [0.29, 0.717) is 12.1 Å². The maximum atomic E-state index is 13.9. The number of likely N-dealkylation sites (tertiary alicyclic amines) is 1. The van der Waals surface area contributed by atoms with Crippen molar-refractivity contribution in [1.29, 1.82) is 0 Å². The Hall–Kier alpha value is -1.71. The van der Waals surface area contributed by atoms with E-state index >= 15 is 0 Å². The van der Waals surface area contributed by atoms with Gasteiger partial charge in [0, 0.05) is 19.0 Å². The van der Waals surface area contributed by atoms with E-state index in [0.717, 1.165) is 19.5 Å². The Balaban J connectivity index is 1.66. The number of benzene rings is 2. The lowest BCUT2D eigenvalue weighted by atomic mass is 9.86. The Morgan fingerprint density at radius 1 is 1.05 bits per heavy atom. The fraction of sp³-hybridized carbons (Fsp3) is 0.333. The zero-order chi connectivity index (χ0) is 14.7. The van der Waals surface area contributed by atoms with E-state index in [4.69, 9.17) is 0 Å². The third-order valence-electron chi connectivity index (χ3n) is 4.22. The molecule has 1 fully saturated rings. The first-order valence-corrected chi connectivity index (χ1v) is 7.43. The van der Waals surface area contributed by atoms with Gasteiger partial charge in [-0.1, -0.05) is 48.5 Å². The molecule has 3 rings (SSSR count). The van der Waals surface area contributed by atoms with Crippen LogP contribution in [0.1, 0.15) is 23.5 Å². The molecule has 21 heavy (non-hydrogen) atoms. The fourth-order valence-electron chi connectivity index (χ4n) is 3.12. The van der Waals surface area contributed by atoms with Gasteiger partial charge in [0.1, 0.15) is 5.82 Å². The van der Waals surface area contributed by atoms with Crippen molar-refractivity contribution in [2.45, 2.75) is 25.0 Å². The van der Waals surface area contributed by atoms with Gasteiger partial charge in [0.25, 0.3) is 0 Å². The molecule has 1 heterocycles. The molecule has 110 valence electrons. The Kier molecular flexibility index (Phi) is 4.32. The molecule has 1 aliphatic rings. The Morgan fingerprint density at radius 3 is 2.48 bits per heavy atom. The summed E-state index contributed by atoms with van der Waals surface area (Å²) in [6.45, 7) is 2.31. The van der Waals surface area contributed by atoms with Crippen LogP contribution in [0.3, 0.4) is 0 Å². The van der Waals surface area contributed by atoms with E-state index < -0.39 is 6.10 Å². The Labute approximate surface area is 124 Å². The van der Waals surface area contributed by atoms with Gasteiger partial charge < -0.3 is 5.11 Å². The number of piperidine rings is 1. The molecule has 0 saturated carbocycles. The van der Waals surface area contributed by atoms with Crippen molar-refractivity contribution < 1.29 is 9.50 Å². The summed E-state index contributed by atoms with van der Waals surface area (Å²) in [5.74, 6) is -0.309. The molecule has 2 nitrogen and oxygen atoms in total. The third kappa shape index (κ3) is 3.31. The topological polar surface area (TPSA) is 23.5 Å². The van der Waals surface area contributed by atoms with Gasteiger partial charge in [-0.25, -0.2) is 4.39 Å².